The van der Waals surface area contributed by atoms with Crippen molar-refractivity contribution in [3.8, 4) is 0 Å². The van der Waals surface area contributed by atoms with Gasteiger partial charge < -0.3 is 15.0 Å². The van der Waals surface area contributed by atoms with Crippen molar-refractivity contribution in [1.29, 1.82) is 0 Å². The topological polar surface area (TPSA) is 101 Å². The molecular weight excluding hydrogens is 395 g/mol. The molecule has 1 aliphatic rings. The first-order valence-electron chi connectivity index (χ1n) is 9.21. The van der Waals surface area contributed by atoms with Crippen LogP contribution in [0.15, 0.2) is 18.5 Å². The highest BCUT2D eigenvalue weighted by Crippen LogP contribution is 2.28. The van der Waals surface area contributed by atoms with Gasteiger partial charge in [0.2, 0.25) is 5.95 Å². The summed E-state index contributed by atoms with van der Waals surface area (Å²) < 4.78 is 14.1. The molecule has 4 rings (SSSR count). The van der Waals surface area contributed by atoms with Gasteiger partial charge in [-0.3, -0.25) is 9.78 Å². The Balaban J connectivity index is 1.67. The number of rotatable bonds is 5. The van der Waals surface area contributed by atoms with Gasteiger partial charge in [-0.05, 0) is 31.9 Å². The lowest BCUT2D eigenvalue weighted by molar-refractivity contribution is -0.110. The predicted octanol–water partition coefficient (Wildman–Crippen LogP) is 2.76. The fourth-order valence-corrected chi connectivity index (χ4v) is 4.15. The maximum absolute atomic E-state index is 13.5. The minimum atomic E-state index is -0.433. The van der Waals surface area contributed by atoms with Crippen molar-refractivity contribution in [2.45, 2.75) is 26.3 Å². The number of pyridine rings is 1. The smallest absolute Gasteiger partial charge is 0.274 e. The number of aromatic nitrogens is 4. The molecule has 1 saturated heterocycles. The molecule has 3 aromatic rings. The SMILES string of the molecule is Cc1nc2nc(N[C@@H](C)c3cncc(F)c3)nc(C(=O)N3CCC(C=O)C3)c2s1. The van der Waals surface area contributed by atoms with Crippen molar-refractivity contribution in [2.24, 2.45) is 5.92 Å². The van der Waals surface area contributed by atoms with Crippen LogP contribution in [0.25, 0.3) is 10.3 Å². The van der Waals surface area contributed by atoms with Crippen molar-refractivity contribution < 1.29 is 14.0 Å². The highest BCUT2D eigenvalue weighted by molar-refractivity contribution is 7.18. The van der Waals surface area contributed by atoms with E-state index in [2.05, 4.69) is 25.3 Å². The Labute approximate surface area is 170 Å². The molecule has 150 valence electrons. The first-order valence-corrected chi connectivity index (χ1v) is 10.0. The van der Waals surface area contributed by atoms with Gasteiger partial charge in [0, 0.05) is 25.2 Å². The van der Waals surface area contributed by atoms with Crippen LogP contribution in [-0.2, 0) is 4.79 Å². The first-order chi connectivity index (χ1) is 13.9. The lowest BCUT2D eigenvalue weighted by atomic mass is 10.1. The Morgan fingerprint density at radius 3 is 2.93 bits per heavy atom. The summed E-state index contributed by atoms with van der Waals surface area (Å²) in [5, 5.41) is 3.87. The number of hydrogen-bond donors (Lipinski definition) is 1. The van der Waals surface area contributed by atoms with E-state index in [0.29, 0.717) is 35.4 Å². The number of aldehydes is 1. The van der Waals surface area contributed by atoms with Gasteiger partial charge >= 0.3 is 0 Å². The number of anilines is 1. The molecular formula is C19H19FN6O2S. The maximum atomic E-state index is 13.5. The van der Waals surface area contributed by atoms with Crippen LogP contribution in [0, 0.1) is 18.7 Å². The summed E-state index contributed by atoms with van der Waals surface area (Å²) in [6.45, 7) is 4.57. The highest BCUT2D eigenvalue weighted by Gasteiger charge is 2.30. The van der Waals surface area contributed by atoms with Crippen molar-refractivity contribution in [3.63, 3.8) is 0 Å². The molecule has 29 heavy (non-hydrogen) atoms. The van der Waals surface area contributed by atoms with E-state index in [4.69, 9.17) is 0 Å². The third-order valence-electron chi connectivity index (χ3n) is 4.84. The number of halogens is 1. The van der Waals surface area contributed by atoms with Crippen LogP contribution in [0.3, 0.4) is 0 Å². The van der Waals surface area contributed by atoms with Crippen molar-refractivity contribution in [1.82, 2.24) is 24.8 Å². The Hall–Kier alpha value is -3.01. The van der Waals surface area contributed by atoms with Gasteiger partial charge in [-0.2, -0.15) is 4.98 Å². The summed E-state index contributed by atoms with van der Waals surface area (Å²) in [4.78, 5) is 42.9. The van der Waals surface area contributed by atoms with E-state index >= 15 is 0 Å². The van der Waals surface area contributed by atoms with Crippen LogP contribution >= 0.6 is 11.3 Å². The van der Waals surface area contributed by atoms with Crippen LogP contribution in [0.4, 0.5) is 10.3 Å². The monoisotopic (exact) mass is 414 g/mol. The molecule has 8 nitrogen and oxygen atoms in total. The molecule has 0 aromatic carbocycles. The second-order valence-electron chi connectivity index (χ2n) is 7.02. The number of amides is 1. The summed E-state index contributed by atoms with van der Waals surface area (Å²) in [7, 11) is 0. The molecule has 0 spiro atoms. The summed E-state index contributed by atoms with van der Waals surface area (Å²) in [6, 6.07) is 1.05. The zero-order valence-corrected chi connectivity index (χ0v) is 16.7. The molecule has 1 fully saturated rings. The van der Waals surface area contributed by atoms with Crippen LogP contribution < -0.4 is 5.32 Å². The first kappa shape index (κ1) is 19.3. The summed E-state index contributed by atoms with van der Waals surface area (Å²) in [5.74, 6) is -0.586. The van der Waals surface area contributed by atoms with Gasteiger partial charge in [-0.25, -0.2) is 14.4 Å². The molecule has 4 heterocycles. The fraction of sp³-hybridized carbons (Fsp3) is 0.368. The molecule has 0 radical (unpaired) electrons. The van der Waals surface area contributed by atoms with E-state index in [1.807, 2.05) is 13.8 Å². The lowest BCUT2D eigenvalue weighted by Crippen LogP contribution is -2.30. The minimum absolute atomic E-state index is 0.141. The van der Waals surface area contributed by atoms with E-state index in [1.165, 1.54) is 17.4 Å². The zero-order chi connectivity index (χ0) is 20.5. The standard InChI is InChI=1S/C19H19FN6O2S/c1-10(13-5-14(20)7-21-6-13)22-19-24-15(16-17(25-19)23-11(2)29-16)18(28)26-4-3-12(8-26)9-27/h5-7,9-10,12H,3-4,8H2,1-2H3,(H,22,24,25)/t10-,12?/m0/s1. The Kier molecular flexibility index (Phi) is 5.18. The molecule has 0 aliphatic carbocycles. The van der Waals surface area contributed by atoms with E-state index in [1.54, 1.807) is 11.1 Å². The summed E-state index contributed by atoms with van der Waals surface area (Å²) >= 11 is 1.36. The van der Waals surface area contributed by atoms with E-state index in [9.17, 15) is 14.0 Å². The molecule has 1 N–H and O–H groups in total. The van der Waals surface area contributed by atoms with Crippen molar-refractivity contribution in [3.05, 3.63) is 40.5 Å². The van der Waals surface area contributed by atoms with Crippen LogP contribution in [0.5, 0.6) is 0 Å². The molecule has 10 heteroatoms. The Bertz CT molecular complexity index is 1090. The van der Waals surface area contributed by atoms with Crippen LogP contribution in [0.2, 0.25) is 0 Å². The van der Waals surface area contributed by atoms with Crippen LogP contribution in [-0.4, -0.2) is 50.1 Å². The molecule has 0 saturated carbocycles. The van der Waals surface area contributed by atoms with E-state index < -0.39 is 5.82 Å². The predicted molar refractivity (Wildman–Crippen MR) is 106 cm³/mol. The molecule has 2 atom stereocenters. The zero-order valence-electron chi connectivity index (χ0n) is 15.9. The normalized spacial score (nSPS) is 17.5. The number of nitrogens with one attached hydrogen (secondary N) is 1. The second-order valence-corrected chi connectivity index (χ2v) is 8.22. The molecule has 1 unspecified atom stereocenters. The van der Waals surface area contributed by atoms with Crippen molar-refractivity contribution in [2.75, 3.05) is 18.4 Å². The molecule has 1 aliphatic heterocycles. The molecule has 3 aromatic heterocycles. The lowest BCUT2D eigenvalue weighted by Gasteiger charge is -2.17. The third-order valence-corrected chi connectivity index (χ3v) is 5.81. The quantitative estimate of drug-likeness (QED) is 0.641. The van der Waals surface area contributed by atoms with Gasteiger partial charge in [0.15, 0.2) is 11.3 Å². The van der Waals surface area contributed by atoms with Crippen molar-refractivity contribution >= 4 is 39.8 Å². The van der Waals surface area contributed by atoms with Gasteiger partial charge in [0.05, 0.1) is 17.2 Å². The average molecular weight is 414 g/mol. The average Bonchev–Trinajstić information content (AvgIpc) is 3.32. The van der Waals surface area contributed by atoms with Gasteiger partial charge in [0.1, 0.15) is 16.8 Å². The Morgan fingerprint density at radius 1 is 1.38 bits per heavy atom. The van der Waals surface area contributed by atoms with Crippen LogP contribution in [0.1, 0.15) is 40.4 Å². The fourth-order valence-electron chi connectivity index (χ4n) is 3.31. The van der Waals surface area contributed by atoms with Gasteiger partial charge in [-0.15, -0.1) is 11.3 Å². The number of likely N-dealkylation sites (tertiary alicyclic amines) is 1. The number of nitrogens with zero attached hydrogens (tertiary/aromatic N) is 5. The number of carbonyl (C=O) groups excluding carboxylic acids is 2. The molecule has 0 bridgehead atoms. The summed E-state index contributed by atoms with van der Waals surface area (Å²) in [6.07, 6.45) is 4.24. The summed E-state index contributed by atoms with van der Waals surface area (Å²) in [5.41, 5.74) is 1.33. The second kappa shape index (κ2) is 7.78. The van der Waals surface area contributed by atoms with E-state index in [0.717, 1.165) is 17.5 Å². The number of thiazole rings is 1. The maximum Gasteiger partial charge on any atom is 0.274 e. The number of aryl methyl sites for hydroxylation is 1. The van der Waals surface area contributed by atoms with E-state index in [-0.39, 0.29) is 29.5 Å². The number of hydrogen-bond acceptors (Lipinski definition) is 8. The number of fused-ring (bicyclic) bond motifs is 1. The Morgan fingerprint density at radius 2 is 2.21 bits per heavy atom. The minimum Gasteiger partial charge on any atom is -0.348 e. The largest absolute Gasteiger partial charge is 0.348 e. The molecule has 1 amide bonds. The van der Waals surface area contributed by atoms with Gasteiger partial charge in [0.25, 0.3) is 5.91 Å². The third kappa shape index (κ3) is 3.93. The number of carbonyl (C=O) groups is 2. The van der Waals surface area contributed by atoms with Gasteiger partial charge in [-0.1, -0.05) is 0 Å². The highest BCUT2D eigenvalue weighted by atomic mass is 32.1.